The predicted molar refractivity (Wildman–Crippen MR) is 77.7 cm³/mol. The quantitative estimate of drug-likeness (QED) is 0.680. The molecule has 0 amide bonds. The summed E-state index contributed by atoms with van der Waals surface area (Å²) in [6.45, 7) is 1.67. The lowest BCUT2D eigenvalue weighted by atomic mass is 10.1. The summed E-state index contributed by atoms with van der Waals surface area (Å²) in [7, 11) is -3.07. The lowest BCUT2D eigenvalue weighted by molar-refractivity contribution is -0.385. The normalized spacial score (nSPS) is 22.7. The zero-order valence-corrected chi connectivity index (χ0v) is 12.3. The Morgan fingerprint density at radius 1 is 1.35 bits per heavy atom. The van der Waals surface area contributed by atoms with Gasteiger partial charge < -0.3 is 5.32 Å². The molecule has 2 atom stereocenters. The molecule has 2 unspecified atom stereocenters. The number of hydrogen-bond donors (Lipinski definition) is 1. The summed E-state index contributed by atoms with van der Waals surface area (Å²) in [4.78, 5) is 10.3. The second-order valence-electron chi connectivity index (χ2n) is 5.31. The fourth-order valence-corrected chi connectivity index (χ4v) is 4.16. The van der Waals surface area contributed by atoms with E-state index in [1.165, 1.54) is 12.3 Å². The fourth-order valence-electron chi connectivity index (χ4n) is 2.77. The van der Waals surface area contributed by atoms with Gasteiger partial charge in [0, 0.05) is 29.6 Å². The lowest BCUT2D eigenvalue weighted by Crippen LogP contribution is -2.34. The van der Waals surface area contributed by atoms with Gasteiger partial charge in [-0.2, -0.15) is 0 Å². The standard InChI is InChI=1S/C13H18N2O4S/c1-9-8-10(6-7-12(9)15(16)17)14-11-4-3-5-13(11)20(2,18)19/h6-8,11,13-14H,3-5H2,1-2H3. The molecule has 1 N–H and O–H groups in total. The van der Waals surface area contributed by atoms with E-state index in [1.54, 1.807) is 19.1 Å². The molecule has 1 aromatic rings. The molecule has 1 aliphatic carbocycles. The van der Waals surface area contributed by atoms with E-state index < -0.39 is 14.8 Å². The summed E-state index contributed by atoms with van der Waals surface area (Å²) in [6, 6.07) is 4.64. The highest BCUT2D eigenvalue weighted by atomic mass is 32.2. The minimum atomic E-state index is -3.07. The molecular weight excluding hydrogens is 280 g/mol. The van der Waals surface area contributed by atoms with Crippen molar-refractivity contribution in [2.45, 2.75) is 37.5 Å². The molecule has 0 aliphatic heterocycles. The van der Waals surface area contributed by atoms with E-state index in [9.17, 15) is 18.5 Å². The molecule has 1 saturated carbocycles. The van der Waals surface area contributed by atoms with Gasteiger partial charge in [-0.3, -0.25) is 10.1 Å². The summed E-state index contributed by atoms with van der Waals surface area (Å²) in [5.41, 5.74) is 1.36. The number of nitrogens with zero attached hydrogens (tertiary/aromatic N) is 1. The maximum absolute atomic E-state index is 11.7. The SMILES string of the molecule is Cc1cc(NC2CCCC2S(C)(=O)=O)ccc1[N+](=O)[O-]. The number of anilines is 1. The van der Waals surface area contributed by atoms with Crippen molar-refractivity contribution < 1.29 is 13.3 Å². The van der Waals surface area contributed by atoms with E-state index in [-0.39, 0.29) is 17.0 Å². The highest BCUT2D eigenvalue weighted by Gasteiger charge is 2.34. The topological polar surface area (TPSA) is 89.3 Å². The van der Waals surface area contributed by atoms with Crippen molar-refractivity contribution in [1.82, 2.24) is 0 Å². The van der Waals surface area contributed by atoms with Crippen LogP contribution in [0.3, 0.4) is 0 Å². The van der Waals surface area contributed by atoms with Gasteiger partial charge >= 0.3 is 0 Å². The van der Waals surface area contributed by atoms with E-state index >= 15 is 0 Å². The third-order valence-electron chi connectivity index (χ3n) is 3.75. The molecule has 1 aliphatic rings. The van der Waals surface area contributed by atoms with Gasteiger partial charge in [0.2, 0.25) is 0 Å². The van der Waals surface area contributed by atoms with Gasteiger partial charge in [0.05, 0.1) is 10.2 Å². The average molecular weight is 298 g/mol. The number of sulfone groups is 1. The maximum Gasteiger partial charge on any atom is 0.272 e. The smallest absolute Gasteiger partial charge is 0.272 e. The Kier molecular flexibility index (Phi) is 3.99. The molecule has 0 spiro atoms. The minimum absolute atomic E-state index is 0.0710. The van der Waals surface area contributed by atoms with E-state index in [4.69, 9.17) is 0 Å². The first-order valence-electron chi connectivity index (χ1n) is 6.49. The van der Waals surface area contributed by atoms with Crippen LogP contribution in [-0.2, 0) is 9.84 Å². The number of benzene rings is 1. The first-order valence-corrected chi connectivity index (χ1v) is 8.45. The third kappa shape index (κ3) is 3.09. The summed E-state index contributed by atoms with van der Waals surface area (Å²) in [5.74, 6) is 0. The van der Waals surface area contributed by atoms with Gasteiger partial charge in [0.15, 0.2) is 9.84 Å². The zero-order chi connectivity index (χ0) is 14.9. The molecule has 0 aromatic heterocycles. The predicted octanol–water partition coefficient (Wildman–Crippen LogP) is 2.28. The number of hydrogen-bond acceptors (Lipinski definition) is 5. The monoisotopic (exact) mass is 298 g/mol. The molecule has 7 heteroatoms. The third-order valence-corrected chi connectivity index (χ3v) is 5.41. The van der Waals surface area contributed by atoms with Gasteiger partial charge in [-0.25, -0.2) is 8.42 Å². The Morgan fingerprint density at radius 3 is 2.60 bits per heavy atom. The Labute approximate surface area is 118 Å². The maximum atomic E-state index is 11.7. The van der Waals surface area contributed by atoms with Crippen LogP contribution in [0.25, 0.3) is 0 Å². The van der Waals surface area contributed by atoms with Crippen LogP contribution in [0.5, 0.6) is 0 Å². The van der Waals surface area contributed by atoms with Crippen LogP contribution >= 0.6 is 0 Å². The van der Waals surface area contributed by atoms with Gasteiger partial charge in [0.1, 0.15) is 0 Å². The second-order valence-corrected chi connectivity index (χ2v) is 7.57. The van der Waals surface area contributed by atoms with Crippen LogP contribution in [0.1, 0.15) is 24.8 Å². The first kappa shape index (κ1) is 14.8. The van der Waals surface area contributed by atoms with Gasteiger partial charge in [-0.05, 0) is 38.3 Å². The first-order chi connectivity index (χ1) is 9.29. The van der Waals surface area contributed by atoms with Gasteiger partial charge in [-0.1, -0.05) is 0 Å². The molecule has 0 saturated heterocycles. The Balaban J connectivity index is 2.18. The van der Waals surface area contributed by atoms with E-state index in [0.717, 1.165) is 18.5 Å². The minimum Gasteiger partial charge on any atom is -0.381 e. The Hall–Kier alpha value is -1.63. The number of nitro groups is 1. The van der Waals surface area contributed by atoms with Crippen LogP contribution in [-0.4, -0.2) is 30.9 Å². The molecule has 6 nitrogen and oxygen atoms in total. The largest absolute Gasteiger partial charge is 0.381 e. The van der Waals surface area contributed by atoms with Crippen molar-refractivity contribution in [2.75, 3.05) is 11.6 Å². The van der Waals surface area contributed by atoms with E-state index in [1.807, 2.05) is 0 Å². The summed E-state index contributed by atoms with van der Waals surface area (Å²) in [6.07, 6.45) is 3.61. The van der Waals surface area contributed by atoms with Gasteiger partial charge in [-0.15, -0.1) is 0 Å². The molecule has 1 fully saturated rings. The average Bonchev–Trinajstić information content (AvgIpc) is 2.76. The number of nitrogens with one attached hydrogen (secondary N) is 1. The van der Waals surface area contributed by atoms with Crippen LogP contribution < -0.4 is 5.32 Å². The molecule has 0 radical (unpaired) electrons. The molecular formula is C13H18N2O4S. The van der Waals surface area contributed by atoms with Crippen molar-refractivity contribution in [3.8, 4) is 0 Å². The molecule has 0 bridgehead atoms. The van der Waals surface area contributed by atoms with Gasteiger partial charge in [0.25, 0.3) is 5.69 Å². The molecule has 2 rings (SSSR count). The van der Waals surface area contributed by atoms with E-state index in [2.05, 4.69) is 5.32 Å². The van der Waals surface area contributed by atoms with Crippen LogP contribution in [0.15, 0.2) is 18.2 Å². The van der Waals surface area contributed by atoms with Crippen molar-refractivity contribution >= 4 is 21.2 Å². The highest BCUT2D eigenvalue weighted by Crippen LogP contribution is 2.29. The molecule has 0 heterocycles. The number of nitro benzene ring substituents is 1. The van der Waals surface area contributed by atoms with Crippen molar-refractivity contribution in [1.29, 1.82) is 0 Å². The van der Waals surface area contributed by atoms with Crippen molar-refractivity contribution in [3.05, 3.63) is 33.9 Å². The van der Waals surface area contributed by atoms with Crippen molar-refractivity contribution in [3.63, 3.8) is 0 Å². The Morgan fingerprint density at radius 2 is 2.05 bits per heavy atom. The zero-order valence-electron chi connectivity index (χ0n) is 11.5. The lowest BCUT2D eigenvalue weighted by Gasteiger charge is -2.20. The molecule has 20 heavy (non-hydrogen) atoms. The van der Waals surface area contributed by atoms with Crippen LogP contribution in [0.4, 0.5) is 11.4 Å². The number of aryl methyl sites for hydroxylation is 1. The highest BCUT2D eigenvalue weighted by molar-refractivity contribution is 7.91. The summed E-state index contributed by atoms with van der Waals surface area (Å²) in [5, 5.41) is 13.6. The van der Waals surface area contributed by atoms with E-state index in [0.29, 0.717) is 12.0 Å². The van der Waals surface area contributed by atoms with Crippen LogP contribution in [0, 0.1) is 17.0 Å². The van der Waals surface area contributed by atoms with Crippen molar-refractivity contribution in [2.24, 2.45) is 0 Å². The number of rotatable bonds is 4. The Bertz CT molecular complexity index is 627. The second kappa shape index (κ2) is 5.40. The molecule has 110 valence electrons. The fraction of sp³-hybridized carbons (Fsp3) is 0.538. The summed E-state index contributed by atoms with van der Waals surface area (Å²) < 4.78 is 23.4. The van der Waals surface area contributed by atoms with Crippen LogP contribution in [0.2, 0.25) is 0 Å². The summed E-state index contributed by atoms with van der Waals surface area (Å²) >= 11 is 0. The molecule has 1 aromatic carbocycles.